The summed E-state index contributed by atoms with van der Waals surface area (Å²) in [5.41, 5.74) is 0. The van der Waals surface area contributed by atoms with E-state index in [2.05, 4.69) is 4.74 Å². The van der Waals surface area contributed by atoms with Crippen LogP contribution in [0.15, 0.2) is 0 Å². The molecule has 0 aliphatic carbocycles. The number of hydrogen-bond donors (Lipinski definition) is 0. The molecule has 16 heteroatoms. The largest absolute Gasteiger partial charge is 0.384 e. The van der Waals surface area contributed by atoms with Crippen molar-refractivity contribution in [2.24, 2.45) is 0 Å². The van der Waals surface area contributed by atoms with Crippen LogP contribution in [0.5, 0.6) is 0 Å². The van der Waals surface area contributed by atoms with Gasteiger partial charge in [-0.3, -0.25) is 4.79 Å². The molecule has 0 aromatic carbocycles. The van der Waals surface area contributed by atoms with Crippen LogP contribution in [0.4, 0.5) is 52.7 Å². The maximum absolute atomic E-state index is 13.5. The van der Waals surface area contributed by atoms with Crippen LogP contribution < -0.4 is 0 Å². The number of hydrogen-bond acceptors (Lipinski definition) is 3. The van der Waals surface area contributed by atoms with Crippen molar-refractivity contribution in [3.05, 3.63) is 0 Å². The summed E-state index contributed by atoms with van der Waals surface area (Å²) < 4.78 is 160. The van der Waals surface area contributed by atoms with E-state index in [1.54, 1.807) is 6.92 Å². The fourth-order valence-electron chi connectivity index (χ4n) is 1.74. The Hall–Kier alpha value is -0.570. The van der Waals surface area contributed by atoms with E-state index in [0.717, 1.165) is 0 Å². The quantitative estimate of drug-likeness (QED) is 0.221. The molecular formula is C14H15ClF12O2S. The van der Waals surface area contributed by atoms with Gasteiger partial charge in [-0.2, -0.15) is 43.9 Å². The predicted molar refractivity (Wildman–Crippen MR) is 83.6 cm³/mol. The summed E-state index contributed by atoms with van der Waals surface area (Å²) in [6, 6.07) is 0. The molecule has 30 heavy (non-hydrogen) atoms. The molecule has 1 unspecified atom stereocenters. The van der Waals surface area contributed by atoms with Gasteiger partial charge in [0.1, 0.15) is 6.61 Å². The Labute approximate surface area is 171 Å². The van der Waals surface area contributed by atoms with Gasteiger partial charge in [0.05, 0.1) is 6.61 Å². The first kappa shape index (κ1) is 29.4. The van der Waals surface area contributed by atoms with Crippen LogP contribution >= 0.6 is 23.4 Å². The molecule has 0 saturated heterocycles. The summed E-state index contributed by atoms with van der Waals surface area (Å²) >= 11 is 5.87. The number of rotatable bonds is 13. The Kier molecular flexibility index (Phi) is 10.2. The lowest BCUT2D eigenvalue weighted by molar-refractivity contribution is -0.415. The van der Waals surface area contributed by atoms with Gasteiger partial charge < -0.3 is 4.74 Å². The van der Waals surface area contributed by atoms with Gasteiger partial charge >= 0.3 is 36.0 Å². The molecule has 1 atom stereocenters. The molecule has 0 amide bonds. The second-order valence-electron chi connectivity index (χ2n) is 5.88. The van der Waals surface area contributed by atoms with E-state index in [0.29, 0.717) is 18.2 Å². The minimum atomic E-state index is -7.59. The van der Waals surface area contributed by atoms with E-state index in [4.69, 9.17) is 11.6 Å². The van der Waals surface area contributed by atoms with Gasteiger partial charge in [0.2, 0.25) is 0 Å². The van der Waals surface area contributed by atoms with Gasteiger partial charge in [0.25, 0.3) is 0 Å². The maximum Gasteiger partial charge on any atom is 0.384 e. The number of alkyl halides is 13. The van der Waals surface area contributed by atoms with Crippen molar-refractivity contribution in [2.45, 2.75) is 61.1 Å². The molecule has 0 saturated carbocycles. The van der Waals surface area contributed by atoms with Crippen molar-refractivity contribution >= 4 is 28.5 Å². The second kappa shape index (κ2) is 10.4. The Morgan fingerprint density at radius 1 is 0.933 bits per heavy atom. The van der Waals surface area contributed by atoms with E-state index >= 15 is 0 Å². The van der Waals surface area contributed by atoms with Gasteiger partial charge in [0, 0.05) is 17.6 Å². The zero-order valence-corrected chi connectivity index (χ0v) is 16.4. The molecule has 0 aliphatic heterocycles. The lowest BCUT2D eigenvalue weighted by Crippen LogP contribution is -2.69. The first-order valence-electron chi connectivity index (χ1n) is 7.83. The highest BCUT2D eigenvalue weighted by molar-refractivity contribution is 8.14. The van der Waals surface area contributed by atoms with Gasteiger partial charge in [-0.15, -0.1) is 11.6 Å². The van der Waals surface area contributed by atoms with Crippen molar-refractivity contribution in [3.8, 4) is 0 Å². The zero-order chi connectivity index (χ0) is 24.2. The summed E-state index contributed by atoms with van der Waals surface area (Å²) in [6.07, 6.45) is -5.15. The third-order valence-electron chi connectivity index (χ3n) is 3.45. The predicted octanol–water partition coefficient (Wildman–Crippen LogP) is 6.11. The van der Waals surface area contributed by atoms with Gasteiger partial charge in [-0.25, -0.2) is 8.78 Å². The highest BCUT2D eigenvalue weighted by atomic mass is 35.5. The van der Waals surface area contributed by atoms with Crippen LogP contribution in [0, 0.1) is 0 Å². The Morgan fingerprint density at radius 2 is 1.43 bits per heavy atom. The monoisotopic (exact) mass is 510 g/mol. The third-order valence-corrected chi connectivity index (χ3v) is 5.11. The number of ether oxygens (including phenoxy) is 1. The van der Waals surface area contributed by atoms with Crippen LogP contribution in [0.3, 0.4) is 0 Å². The Bertz CT molecular complexity index is 573. The van der Waals surface area contributed by atoms with Crippen LogP contribution in [-0.2, 0) is 9.53 Å². The van der Waals surface area contributed by atoms with Crippen molar-refractivity contribution in [3.63, 3.8) is 0 Å². The second-order valence-corrected chi connectivity index (χ2v) is 7.55. The molecule has 0 spiro atoms. The summed E-state index contributed by atoms with van der Waals surface area (Å²) in [4.78, 5) is 11.4. The molecule has 0 heterocycles. The molecule has 0 rings (SSSR count). The highest BCUT2D eigenvalue weighted by Gasteiger charge is 2.87. The molecular weight excluding hydrogens is 496 g/mol. The Morgan fingerprint density at radius 3 is 1.83 bits per heavy atom. The average molecular weight is 511 g/mol. The Balaban J connectivity index is 5.44. The lowest BCUT2D eigenvalue weighted by Gasteiger charge is -2.39. The molecule has 180 valence electrons. The van der Waals surface area contributed by atoms with Gasteiger partial charge in [-0.1, -0.05) is 18.7 Å². The van der Waals surface area contributed by atoms with Crippen LogP contribution in [-0.4, -0.2) is 65.5 Å². The normalized spacial score (nSPS) is 15.6. The minimum absolute atomic E-state index is 0.0198. The molecule has 0 bridgehead atoms. The summed E-state index contributed by atoms with van der Waals surface area (Å²) in [5, 5.41) is -1.61. The van der Waals surface area contributed by atoms with Crippen LogP contribution in [0.2, 0.25) is 0 Å². The summed E-state index contributed by atoms with van der Waals surface area (Å²) in [6.45, 7) is -2.06. The summed E-state index contributed by atoms with van der Waals surface area (Å²) in [7, 11) is 0. The van der Waals surface area contributed by atoms with Gasteiger partial charge in [0.15, 0.2) is 5.12 Å². The highest BCUT2D eigenvalue weighted by Crippen LogP contribution is 2.58. The number of halogens is 13. The first-order chi connectivity index (χ1) is 13.3. The standard InChI is InChI=1S/C14H15ClF12O2S/c1-2-3-8(28)30-7(4-15)5-29-6-10(18,19)12(22,23)14(26,27)13(24,25)11(20,21)9(16)17/h7,9H,2-6H2,1H3. The van der Waals surface area contributed by atoms with E-state index in [9.17, 15) is 57.5 Å². The minimum Gasteiger partial charge on any atom is -0.374 e. The topological polar surface area (TPSA) is 26.3 Å². The smallest absolute Gasteiger partial charge is 0.374 e. The average Bonchev–Trinajstić information content (AvgIpc) is 2.59. The van der Waals surface area contributed by atoms with E-state index < -0.39 is 65.5 Å². The van der Waals surface area contributed by atoms with Crippen molar-refractivity contribution in [2.75, 3.05) is 19.1 Å². The molecule has 0 aromatic rings. The number of thioether (sulfide) groups is 1. The van der Waals surface area contributed by atoms with Crippen LogP contribution in [0.25, 0.3) is 0 Å². The maximum atomic E-state index is 13.5. The van der Waals surface area contributed by atoms with E-state index in [1.807, 2.05) is 0 Å². The molecule has 0 aliphatic rings. The lowest BCUT2D eigenvalue weighted by atomic mass is 9.94. The zero-order valence-electron chi connectivity index (χ0n) is 14.8. The van der Waals surface area contributed by atoms with Crippen molar-refractivity contribution in [1.82, 2.24) is 0 Å². The molecule has 0 N–H and O–H groups in total. The molecule has 2 nitrogen and oxygen atoms in total. The fourth-order valence-corrected chi connectivity index (χ4v) is 2.94. The third kappa shape index (κ3) is 5.81. The first-order valence-corrected chi connectivity index (χ1v) is 9.25. The van der Waals surface area contributed by atoms with Crippen molar-refractivity contribution in [1.29, 1.82) is 0 Å². The van der Waals surface area contributed by atoms with Crippen LogP contribution in [0.1, 0.15) is 19.8 Å². The molecule has 0 fully saturated rings. The van der Waals surface area contributed by atoms with Gasteiger partial charge in [-0.05, 0) is 6.42 Å². The fraction of sp³-hybridized carbons (Fsp3) is 0.929. The number of carbonyl (C=O) groups is 1. The summed E-state index contributed by atoms with van der Waals surface area (Å²) in [5.74, 6) is -36.0. The van der Waals surface area contributed by atoms with Crippen molar-refractivity contribution < 1.29 is 62.2 Å². The molecule has 0 radical (unpaired) electrons. The molecule has 0 aromatic heterocycles. The van der Waals surface area contributed by atoms with E-state index in [1.165, 1.54) is 0 Å². The SMILES string of the molecule is CCCC(=O)SC(CCl)COCC(F)(F)C(F)(F)C(F)(F)C(F)(F)C(F)(F)C(F)F. The number of carbonyl (C=O) groups excluding carboxylic acids is 1. The van der Waals surface area contributed by atoms with E-state index in [-0.39, 0.29) is 6.42 Å².